The zero-order valence-electron chi connectivity index (χ0n) is 53.5. The van der Waals surface area contributed by atoms with Crippen LogP contribution >= 0.6 is 7.82 Å². The number of nitrogens with two attached hydrogens (primary N) is 1. The van der Waals surface area contributed by atoms with Crippen LogP contribution in [0, 0.1) is 0 Å². The molecule has 0 aromatic carbocycles. The van der Waals surface area contributed by atoms with Gasteiger partial charge in [-0.1, -0.05) is 319 Å². The molecule has 0 saturated carbocycles. The van der Waals surface area contributed by atoms with E-state index in [0.29, 0.717) is 6.42 Å². The van der Waals surface area contributed by atoms with Gasteiger partial charge >= 0.3 is 19.8 Å². The lowest BCUT2D eigenvalue weighted by atomic mass is 10.0. The van der Waals surface area contributed by atoms with Gasteiger partial charge in [-0.15, -0.1) is 0 Å². The summed E-state index contributed by atoms with van der Waals surface area (Å²) in [7, 11) is -4.39. The van der Waals surface area contributed by atoms with Crippen molar-refractivity contribution in [2.75, 3.05) is 26.4 Å². The van der Waals surface area contributed by atoms with Gasteiger partial charge in [-0.05, 0) is 77.0 Å². The number of rotatable bonds is 67. The first kappa shape index (κ1) is 79.0. The summed E-state index contributed by atoms with van der Waals surface area (Å²) in [4.78, 5) is 35.3. The first-order valence-corrected chi connectivity index (χ1v) is 36.6. The van der Waals surface area contributed by atoms with Gasteiger partial charge in [0.1, 0.15) is 6.61 Å². The van der Waals surface area contributed by atoms with Crippen LogP contribution in [0.15, 0.2) is 48.6 Å². The quantitative estimate of drug-likeness (QED) is 0.0264. The molecule has 0 rings (SSSR count). The monoisotopic (exact) mass is 1160 g/mol. The Labute approximate surface area is 502 Å². The van der Waals surface area contributed by atoms with Crippen LogP contribution in [0.1, 0.15) is 361 Å². The molecule has 0 aliphatic rings. The highest BCUT2D eigenvalue weighted by Crippen LogP contribution is 2.43. The fourth-order valence-corrected chi connectivity index (χ4v) is 11.2. The van der Waals surface area contributed by atoms with Crippen LogP contribution < -0.4 is 5.73 Å². The second-order valence-electron chi connectivity index (χ2n) is 23.7. The molecule has 0 heterocycles. The van der Waals surface area contributed by atoms with Gasteiger partial charge in [0.05, 0.1) is 13.2 Å². The van der Waals surface area contributed by atoms with Crippen molar-refractivity contribution in [1.29, 1.82) is 0 Å². The number of carbonyl (C=O) groups excluding carboxylic acids is 2. The molecular weight excluding hydrogens is 1030 g/mol. The van der Waals surface area contributed by atoms with E-state index in [0.717, 1.165) is 44.9 Å². The standard InChI is InChI=1S/C71H134NO8P/c1-3-5-7-9-11-13-15-17-19-21-23-24-25-26-27-28-29-30-31-32-33-34-35-36-37-38-39-40-41-42-43-44-46-48-50-52-54-56-58-60-62-64-71(74)80-69(68-79-81(75,76)78-66-65-72)67-77-70(73)63-61-59-57-55-53-51-49-47-45-22-20-18-16-14-12-10-8-6-4-2/h12,14-15,17-18,20-21,23,69H,3-11,13,16,19,22,24-68,72H2,1-2H3,(H,75,76)/b14-12-,17-15-,20-18-,23-21-. The molecule has 476 valence electrons. The molecule has 9 nitrogen and oxygen atoms in total. The maximum atomic E-state index is 12.7. The molecule has 2 atom stereocenters. The maximum absolute atomic E-state index is 12.7. The average Bonchev–Trinajstić information content (AvgIpc) is 3.46. The highest BCUT2D eigenvalue weighted by atomic mass is 31.2. The lowest BCUT2D eigenvalue weighted by Gasteiger charge is -2.19. The second kappa shape index (κ2) is 67.1. The van der Waals surface area contributed by atoms with E-state index in [2.05, 4.69) is 62.5 Å². The largest absolute Gasteiger partial charge is 0.472 e. The fraction of sp³-hybridized carbons (Fsp3) is 0.859. The minimum atomic E-state index is -4.39. The summed E-state index contributed by atoms with van der Waals surface area (Å²) < 4.78 is 33.1. The SMILES string of the molecule is CCCCC/C=C\C/C=C\CCCCCCCCCCCC(=O)OCC(COP(=O)(O)OCCN)OC(=O)CCCCCCCCCCCCCCCCCCCCCCCCCCCCCCC/C=C\C/C=C\CCCCCCC. The number of phosphoric acid groups is 1. The van der Waals surface area contributed by atoms with Gasteiger partial charge in [0.15, 0.2) is 6.10 Å². The molecule has 0 aromatic heterocycles. The maximum Gasteiger partial charge on any atom is 0.472 e. The predicted octanol–water partition coefficient (Wildman–Crippen LogP) is 22.9. The lowest BCUT2D eigenvalue weighted by molar-refractivity contribution is -0.161. The van der Waals surface area contributed by atoms with Crippen LogP contribution in [0.4, 0.5) is 0 Å². The van der Waals surface area contributed by atoms with Crippen molar-refractivity contribution in [1.82, 2.24) is 0 Å². The van der Waals surface area contributed by atoms with Gasteiger partial charge < -0.3 is 20.1 Å². The molecule has 0 aliphatic carbocycles. The van der Waals surface area contributed by atoms with Crippen LogP contribution in [0.3, 0.4) is 0 Å². The Morgan fingerprint density at radius 1 is 0.370 bits per heavy atom. The molecule has 2 unspecified atom stereocenters. The number of hydrogen-bond donors (Lipinski definition) is 2. The number of phosphoric ester groups is 1. The summed E-state index contributed by atoms with van der Waals surface area (Å²) in [5.41, 5.74) is 5.40. The summed E-state index contributed by atoms with van der Waals surface area (Å²) >= 11 is 0. The number of allylic oxidation sites excluding steroid dienone is 8. The summed E-state index contributed by atoms with van der Waals surface area (Å²) in [5.74, 6) is -0.816. The first-order valence-electron chi connectivity index (χ1n) is 35.1. The van der Waals surface area contributed by atoms with Crippen molar-refractivity contribution < 1.29 is 37.6 Å². The number of carbonyl (C=O) groups is 2. The van der Waals surface area contributed by atoms with Crippen molar-refractivity contribution in [3.63, 3.8) is 0 Å². The summed E-state index contributed by atoms with van der Waals surface area (Å²) in [6.07, 6.45) is 85.1. The number of ether oxygens (including phenoxy) is 2. The third-order valence-electron chi connectivity index (χ3n) is 15.7. The van der Waals surface area contributed by atoms with Crippen molar-refractivity contribution >= 4 is 19.8 Å². The van der Waals surface area contributed by atoms with Gasteiger partial charge in [0, 0.05) is 19.4 Å². The van der Waals surface area contributed by atoms with Gasteiger partial charge in [0.2, 0.25) is 0 Å². The van der Waals surface area contributed by atoms with Gasteiger partial charge in [-0.2, -0.15) is 0 Å². The van der Waals surface area contributed by atoms with Crippen LogP contribution in [-0.2, 0) is 32.7 Å². The third kappa shape index (κ3) is 67.0. The number of unbranched alkanes of at least 4 members (excludes halogenated alkanes) is 46. The summed E-state index contributed by atoms with van der Waals surface area (Å²) in [5, 5.41) is 0. The van der Waals surface area contributed by atoms with E-state index in [1.807, 2.05) is 0 Å². The van der Waals surface area contributed by atoms with Crippen LogP contribution in [-0.4, -0.2) is 49.3 Å². The van der Waals surface area contributed by atoms with E-state index < -0.39 is 26.5 Å². The molecule has 0 radical (unpaired) electrons. The van der Waals surface area contributed by atoms with Crippen molar-refractivity contribution in [3.05, 3.63) is 48.6 Å². The Morgan fingerprint density at radius 2 is 0.642 bits per heavy atom. The molecule has 3 N–H and O–H groups in total. The van der Waals surface area contributed by atoms with Gasteiger partial charge in [-0.25, -0.2) is 4.57 Å². The second-order valence-corrected chi connectivity index (χ2v) is 25.2. The van der Waals surface area contributed by atoms with Crippen molar-refractivity contribution in [2.24, 2.45) is 5.73 Å². The zero-order valence-corrected chi connectivity index (χ0v) is 54.4. The fourth-order valence-electron chi connectivity index (χ4n) is 10.5. The van der Waals surface area contributed by atoms with E-state index in [-0.39, 0.29) is 38.6 Å². The Bertz CT molecular complexity index is 1470. The molecule has 0 saturated heterocycles. The van der Waals surface area contributed by atoms with Gasteiger partial charge in [0.25, 0.3) is 0 Å². The Balaban J connectivity index is 3.74. The topological polar surface area (TPSA) is 134 Å². The summed E-state index contributed by atoms with van der Waals surface area (Å²) in [6, 6.07) is 0. The molecule has 81 heavy (non-hydrogen) atoms. The highest BCUT2D eigenvalue weighted by Gasteiger charge is 2.26. The Hall–Kier alpha value is -2.03. The molecule has 0 spiro atoms. The Kier molecular flexibility index (Phi) is 65.4. The number of esters is 2. The predicted molar refractivity (Wildman–Crippen MR) is 349 cm³/mol. The van der Waals surface area contributed by atoms with E-state index in [1.54, 1.807) is 0 Å². The number of hydrogen-bond acceptors (Lipinski definition) is 8. The van der Waals surface area contributed by atoms with Crippen LogP contribution in [0.2, 0.25) is 0 Å². The highest BCUT2D eigenvalue weighted by molar-refractivity contribution is 7.47. The summed E-state index contributed by atoms with van der Waals surface area (Å²) in [6.45, 7) is 3.76. The zero-order chi connectivity index (χ0) is 58.7. The molecule has 0 aromatic rings. The molecule has 0 bridgehead atoms. The van der Waals surface area contributed by atoms with E-state index >= 15 is 0 Å². The van der Waals surface area contributed by atoms with Crippen LogP contribution in [0.5, 0.6) is 0 Å². The normalized spacial score (nSPS) is 13.2. The lowest BCUT2D eigenvalue weighted by Crippen LogP contribution is -2.29. The molecule has 10 heteroatoms. The molecule has 0 amide bonds. The minimum absolute atomic E-state index is 0.0542. The van der Waals surface area contributed by atoms with E-state index in [1.165, 1.54) is 283 Å². The molecule has 0 aliphatic heterocycles. The smallest absolute Gasteiger partial charge is 0.462 e. The van der Waals surface area contributed by atoms with Crippen molar-refractivity contribution in [2.45, 2.75) is 367 Å². The average molecular weight is 1160 g/mol. The Morgan fingerprint density at radius 3 is 0.963 bits per heavy atom. The van der Waals surface area contributed by atoms with Gasteiger partial charge in [-0.3, -0.25) is 18.6 Å². The van der Waals surface area contributed by atoms with E-state index in [9.17, 15) is 19.0 Å². The molecule has 0 fully saturated rings. The minimum Gasteiger partial charge on any atom is -0.462 e. The van der Waals surface area contributed by atoms with Crippen molar-refractivity contribution in [3.8, 4) is 0 Å². The first-order chi connectivity index (χ1) is 39.8. The molecular formula is C71H134NO8P. The third-order valence-corrected chi connectivity index (χ3v) is 16.7. The van der Waals surface area contributed by atoms with Crippen LogP contribution in [0.25, 0.3) is 0 Å². The van der Waals surface area contributed by atoms with E-state index in [4.69, 9.17) is 24.3 Å².